The smallest absolute Gasteiger partial charge is 0.329 e. The van der Waals surface area contributed by atoms with Crippen LogP contribution >= 0.6 is 0 Å². The number of aromatic nitrogens is 6. The van der Waals surface area contributed by atoms with Crippen molar-refractivity contribution in [3.8, 4) is 0 Å². The Hall–Kier alpha value is -5.07. The summed E-state index contributed by atoms with van der Waals surface area (Å²) in [6.45, 7) is 7.11. The first-order valence-corrected chi connectivity index (χ1v) is 22.3. The number of para-hydroxylation sites is 1. The Kier molecular flexibility index (Phi) is 12.2. The molecule has 6 heterocycles. The third-order valence-corrected chi connectivity index (χ3v) is 14.0. The topological polar surface area (TPSA) is 157 Å². The number of anilines is 1. The second kappa shape index (κ2) is 18.0. The van der Waals surface area contributed by atoms with Crippen LogP contribution in [-0.4, -0.2) is 132 Å². The molecule has 3 aliphatic heterocycles. The lowest BCUT2D eigenvalue weighted by molar-refractivity contribution is -0.132. The summed E-state index contributed by atoms with van der Waals surface area (Å²) in [4.78, 5) is 63.5. The highest BCUT2D eigenvalue weighted by atomic mass is 19.3. The number of rotatable bonds is 11. The number of amidine groups is 1. The van der Waals surface area contributed by atoms with E-state index in [1.165, 1.54) is 6.20 Å². The summed E-state index contributed by atoms with van der Waals surface area (Å²) in [6, 6.07) is 5.79. The monoisotopic (exact) mass is 857 g/mol. The first kappa shape index (κ1) is 42.2. The number of aliphatic imine (C=N–C) groups is 1. The van der Waals surface area contributed by atoms with Crippen LogP contribution in [0.25, 0.3) is 11.0 Å². The van der Waals surface area contributed by atoms with Gasteiger partial charge in [-0.3, -0.25) is 28.2 Å². The van der Waals surface area contributed by atoms with Crippen LogP contribution in [-0.2, 0) is 34.3 Å². The number of nitrogens with zero attached hydrogens (tertiary/aromatic N) is 10. The molecule has 0 radical (unpaired) electrons. The van der Waals surface area contributed by atoms with Crippen LogP contribution in [0.3, 0.4) is 0 Å². The molecule has 16 nitrogen and oxygen atoms in total. The van der Waals surface area contributed by atoms with Crippen LogP contribution < -0.4 is 11.0 Å². The molecule has 1 amide bonds. The fourth-order valence-electron chi connectivity index (χ4n) is 10.5. The number of alkyl halides is 2. The molecule has 1 unspecified atom stereocenters. The van der Waals surface area contributed by atoms with Crippen LogP contribution in [0.15, 0.2) is 40.4 Å². The Labute approximate surface area is 358 Å². The highest BCUT2D eigenvalue weighted by Gasteiger charge is 2.33. The zero-order valence-corrected chi connectivity index (χ0v) is 35.7. The molecule has 0 spiro atoms. The number of hydrogen-bond donors (Lipinski definition) is 1. The van der Waals surface area contributed by atoms with Gasteiger partial charge in [0, 0.05) is 58.3 Å². The number of morpholine rings is 1. The van der Waals surface area contributed by atoms with Crippen LogP contribution in [0.5, 0.6) is 0 Å². The standard InChI is InChI=1S/C44H57F2N11O5/c1-51(30-13-17-53(18-14-30)16-12-29-4-3-5-36-40(29)52(2)44(61)57(36)35-11-10-32(58)24-37(35)59)26-28-6-8-31(9-7-28)56-27-34(39(50-56)41(45)46)48-43(60)33-25-47-55-19-15-38(49-42(33)55)54-20-22-62-23-21-54/h3-5,25,27-28,30-31,35,41H,6-24,26H2,1-2H3,(H,48,60). The van der Waals surface area contributed by atoms with Crippen LogP contribution in [0, 0.1) is 5.92 Å². The van der Waals surface area contributed by atoms with Crippen LogP contribution in [0.1, 0.15) is 104 Å². The first-order chi connectivity index (χ1) is 30.0. The second-order valence-corrected chi connectivity index (χ2v) is 17.8. The largest absolute Gasteiger partial charge is 0.378 e. The molecule has 1 atom stereocenters. The van der Waals surface area contributed by atoms with Gasteiger partial charge in [-0.2, -0.15) is 10.2 Å². The second-order valence-electron chi connectivity index (χ2n) is 17.8. The van der Waals surface area contributed by atoms with Crippen molar-refractivity contribution in [2.45, 2.75) is 102 Å². The molecule has 9 rings (SSSR count). The summed E-state index contributed by atoms with van der Waals surface area (Å²) < 4.78 is 40.6. The SMILES string of the molecule is CN(CC1CCC(n2cc(NC(=O)c3cnn4c3N=C(N3CCOCC3)CC4)c(C(F)F)n2)CC1)C1CCN(CCc2cccc3c2n(C)c(=O)n3C2CCC(=O)CC2=O)CC1. The number of Topliss-reactive ketones (excluding diaryl/α,β-unsaturated/α-hetero) is 2. The molecule has 2 saturated heterocycles. The zero-order chi connectivity index (χ0) is 43.1. The van der Waals surface area contributed by atoms with E-state index >= 15 is 0 Å². The number of piperidine rings is 1. The van der Waals surface area contributed by atoms with Crippen molar-refractivity contribution in [2.24, 2.45) is 18.0 Å². The maximum absolute atomic E-state index is 14.3. The number of likely N-dealkylation sites (tertiary alicyclic amines) is 1. The van der Waals surface area contributed by atoms with E-state index in [2.05, 4.69) is 43.3 Å². The summed E-state index contributed by atoms with van der Waals surface area (Å²) in [7, 11) is 3.98. The van der Waals surface area contributed by atoms with E-state index in [9.17, 15) is 28.0 Å². The van der Waals surface area contributed by atoms with Gasteiger partial charge in [-0.05, 0) is 89.1 Å². The molecule has 18 heteroatoms. The molecule has 4 fully saturated rings. The van der Waals surface area contributed by atoms with Crippen molar-refractivity contribution in [3.63, 3.8) is 0 Å². The van der Waals surface area contributed by atoms with Crippen molar-refractivity contribution in [3.05, 3.63) is 57.9 Å². The average molecular weight is 858 g/mol. The van der Waals surface area contributed by atoms with E-state index in [4.69, 9.17) is 9.73 Å². The van der Waals surface area contributed by atoms with Crippen molar-refractivity contribution in [1.82, 2.24) is 43.4 Å². The number of hydrogen-bond acceptors (Lipinski definition) is 11. The van der Waals surface area contributed by atoms with E-state index in [1.54, 1.807) is 31.7 Å². The van der Waals surface area contributed by atoms with Gasteiger partial charge in [0.15, 0.2) is 17.3 Å². The molecule has 4 aromatic rings. The van der Waals surface area contributed by atoms with Gasteiger partial charge >= 0.3 is 5.69 Å². The van der Waals surface area contributed by atoms with Crippen molar-refractivity contribution < 1.29 is 27.9 Å². The minimum absolute atomic E-state index is 0.0140. The van der Waals surface area contributed by atoms with Gasteiger partial charge < -0.3 is 24.8 Å². The van der Waals surface area contributed by atoms with E-state index in [0.29, 0.717) is 56.8 Å². The Balaban J connectivity index is 0.755. The number of benzene rings is 1. The molecular weight excluding hydrogens is 801 g/mol. The summed E-state index contributed by atoms with van der Waals surface area (Å²) in [6.07, 6.45) is 7.94. The molecule has 5 aliphatic rings. The minimum atomic E-state index is -2.85. The highest BCUT2D eigenvalue weighted by molar-refractivity contribution is 6.08. The first-order valence-electron chi connectivity index (χ1n) is 22.3. The lowest BCUT2D eigenvalue weighted by Crippen LogP contribution is -2.45. The number of amides is 1. The lowest BCUT2D eigenvalue weighted by atomic mass is 9.85. The minimum Gasteiger partial charge on any atom is -0.378 e. The quantitative estimate of drug-likeness (QED) is 0.206. The number of carbonyl (C=O) groups is 3. The fraction of sp³-hybridized carbons (Fsp3) is 0.614. The molecule has 0 bridgehead atoms. The molecule has 1 aromatic carbocycles. The van der Waals surface area contributed by atoms with Gasteiger partial charge in [-0.1, -0.05) is 12.1 Å². The predicted octanol–water partition coefficient (Wildman–Crippen LogP) is 4.92. The summed E-state index contributed by atoms with van der Waals surface area (Å²) >= 11 is 0. The van der Waals surface area contributed by atoms with Crippen molar-refractivity contribution >= 4 is 45.8 Å². The predicted molar refractivity (Wildman–Crippen MR) is 228 cm³/mol. The van der Waals surface area contributed by atoms with E-state index < -0.39 is 24.1 Å². The molecule has 2 aliphatic carbocycles. The number of ketones is 2. The molecular formula is C44H57F2N11O5. The Morgan fingerprint density at radius 2 is 1.76 bits per heavy atom. The third-order valence-electron chi connectivity index (χ3n) is 14.0. The van der Waals surface area contributed by atoms with Crippen molar-refractivity contribution in [1.29, 1.82) is 0 Å². The van der Waals surface area contributed by atoms with Gasteiger partial charge in [-0.15, -0.1) is 0 Å². The lowest BCUT2D eigenvalue weighted by Gasteiger charge is -2.39. The van der Waals surface area contributed by atoms with Gasteiger partial charge in [0.1, 0.15) is 17.2 Å². The van der Waals surface area contributed by atoms with Crippen LogP contribution in [0.2, 0.25) is 0 Å². The number of fused-ring (bicyclic) bond motifs is 2. The Morgan fingerprint density at radius 3 is 2.50 bits per heavy atom. The third kappa shape index (κ3) is 8.52. The zero-order valence-electron chi connectivity index (χ0n) is 35.7. The molecule has 2 saturated carbocycles. The maximum Gasteiger partial charge on any atom is 0.329 e. The Bertz CT molecular complexity index is 2400. The summed E-state index contributed by atoms with van der Waals surface area (Å²) in [5.74, 6) is 1.03. The summed E-state index contributed by atoms with van der Waals surface area (Å²) in [5, 5.41) is 11.4. The average Bonchev–Trinajstić information content (AvgIpc) is 3.98. The van der Waals surface area contributed by atoms with Gasteiger partial charge in [0.2, 0.25) is 0 Å². The van der Waals surface area contributed by atoms with Gasteiger partial charge in [-0.25, -0.2) is 23.2 Å². The van der Waals surface area contributed by atoms with Gasteiger partial charge in [0.05, 0.1) is 61.2 Å². The normalized spacial score (nSPS) is 23.1. The molecule has 332 valence electrons. The van der Waals surface area contributed by atoms with E-state index in [0.717, 1.165) is 107 Å². The maximum atomic E-state index is 14.3. The van der Waals surface area contributed by atoms with Gasteiger partial charge in [0.25, 0.3) is 12.3 Å². The summed E-state index contributed by atoms with van der Waals surface area (Å²) in [5.41, 5.74) is 2.31. The number of aryl methyl sites for hydroxylation is 2. The molecule has 3 aromatic heterocycles. The molecule has 1 N–H and O–H groups in total. The molecule has 62 heavy (non-hydrogen) atoms. The number of imidazole rings is 1. The number of nitrogens with one attached hydrogen (secondary N) is 1. The van der Waals surface area contributed by atoms with E-state index in [1.807, 2.05) is 12.1 Å². The van der Waals surface area contributed by atoms with E-state index in [-0.39, 0.29) is 41.0 Å². The highest BCUT2D eigenvalue weighted by Crippen LogP contribution is 2.36. The number of halogens is 2. The number of carbonyl (C=O) groups excluding carboxylic acids is 3. The Morgan fingerprint density at radius 1 is 0.984 bits per heavy atom. The number of ether oxygens (including phenoxy) is 1. The fourth-order valence-corrected chi connectivity index (χ4v) is 10.5. The van der Waals surface area contributed by atoms with Crippen molar-refractivity contribution in [2.75, 3.05) is 64.8 Å². The van der Waals surface area contributed by atoms with Crippen LogP contribution in [0.4, 0.5) is 20.3 Å².